The van der Waals surface area contributed by atoms with Gasteiger partial charge in [0.05, 0.1) is 13.2 Å². The molecule has 1 saturated heterocycles. The highest BCUT2D eigenvalue weighted by Gasteiger charge is 2.41. The zero-order valence-electron chi connectivity index (χ0n) is 11.8. The van der Waals surface area contributed by atoms with Gasteiger partial charge in [-0.15, -0.1) is 0 Å². The summed E-state index contributed by atoms with van der Waals surface area (Å²) in [5, 5.41) is 3.08. The number of amides is 2. The molecule has 1 heterocycles. The van der Waals surface area contributed by atoms with E-state index >= 15 is 0 Å². The van der Waals surface area contributed by atoms with Crippen LogP contribution in [0.1, 0.15) is 40.0 Å². The summed E-state index contributed by atoms with van der Waals surface area (Å²) in [6.45, 7) is 6.29. The van der Waals surface area contributed by atoms with Crippen LogP contribution in [0.4, 0.5) is 0 Å². The summed E-state index contributed by atoms with van der Waals surface area (Å²) in [6.07, 6.45) is 1.30. The second-order valence-electron chi connectivity index (χ2n) is 4.85. The lowest BCUT2D eigenvalue weighted by atomic mass is 10.0. The number of hydrogen-bond donors (Lipinski definition) is 1. The SMILES string of the molecule is CCCNC(C)(CN1C(=O)CCC1=O)C(=O)OCC. The van der Waals surface area contributed by atoms with Gasteiger partial charge in [0, 0.05) is 12.8 Å². The molecule has 0 spiro atoms. The minimum absolute atomic E-state index is 0.0312. The van der Waals surface area contributed by atoms with Crippen LogP contribution in [-0.4, -0.2) is 47.9 Å². The maximum Gasteiger partial charge on any atom is 0.327 e. The molecule has 0 bridgehead atoms. The first-order chi connectivity index (χ1) is 8.94. The zero-order valence-corrected chi connectivity index (χ0v) is 11.8. The van der Waals surface area contributed by atoms with Crippen molar-refractivity contribution >= 4 is 17.8 Å². The molecule has 1 fully saturated rings. The average molecular weight is 270 g/mol. The van der Waals surface area contributed by atoms with Gasteiger partial charge in [0.2, 0.25) is 11.8 Å². The number of ether oxygens (including phenoxy) is 1. The third kappa shape index (κ3) is 3.76. The maximum atomic E-state index is 12.0. The summed E-state index contributed by atoms with van der Waals surface area (Å²) >= 11 is 0. The molecule has 1 rings (SSSR count). The summed E-state index contributed by atoms with van der Waals surface area (Å²) in [5.74, 6) is -0.881. The third-order valence-electron chi connectivity index (χ3n) is 3.12. The van der Waals surface area contributed by atoms with Gasteiger partial charge in [-0.3, -0.25) is 14.5 Å². The molecule has 1 N–H and O–H groups in total. The van der Waals surface area contributed by atoms with Crippen molar-refractivity contribution in [3.8, 4) is 0 Å². The lowest BCUT2D eigenvalue weighted by Gasteiger charge is -2.31. The molecular weight excluding hydrogens is 248 g/mol. The Morgan fingerprint density at radius 1 is 1.32 bits per heavy atom. The quantitative estimate of drug-likeness (QED) is 0.537. The number of imide groups is 1. The summed E-state index contributed by atoms with van der Waals surface area (Å²) < 4.78 is 5.03. The molecule has 0 saturated carbocycles. The number of likely N-dealkylation sites (tertiary alicyclic amines) is 1. The predicted molar refractivity (Wildman–Crippen MR) is 69.3 cm³/mol. The molecule has 6 nitrogen and oxygen atoms in total. The minimum Gasteiger partial charge on any atom is -0.465 e. The lowest BCUT2D eigenvalue weighted by Crippen LogP contribution is -2.58. The van der Waals surface area contributed by atoms with E-state index in [0.717, 1.165) is 11.3 Å². The molecule has 19 heavy (non-hydrogen) atoms. The molecule has 1 unspecified atom stereocenters. The first kappa shape index (κ1) is 15.6. The molecule has 0 radical (unpaired) electrons. The van der Waals surface area contributed by atoms with Crippen LogP contribution in [0.15, 0.2) is 0 Å². The molecular formula is C13H22N2O4. The van der Waals surface area contributed by atoms with Gasteiger partial charge in [-0.1, -0.05) is 6.92 Å². The van der Waals surface area contributed by atoms with Gasteiger partial charge in [-0.25, -0.2) is 4.79 Å². The van der Waals surface area contributed by atoms with Crippen molar-refractivity contribution in [3.63, 3.8) is 0 Å². The molecule has 108 valence electrons. The van der Waals surface area contributed by atoms with Crippen LogP contribution in [0, 0.1) is 0 Å². The fourth-order valence-electron chi connectivity index (χ4n) is 2.00. The third-order valence-corrected chi connectivity index (χ3v) is 3.12. The van der Waals surface area contributed by atoms with E-state index in [0.29, 0.717) is 6.54 Å². The predicted octanol–water partition coefficient (Wildman–Crippen LogP) is 0.457. The molecule has 2 amide bonds. The lowest BCUT2D eigenvalue weighted by molar-refractivity contribution is -0.153. The molecule has 1 aliphatic rings. The van der Waals surface area contributed by atoms with E-state index in [4.69, 9.17) is 4.74 Å². The van der Waals surface area contributed by atoms with Gasteiger partial charge < -0.3 is 10.1 Å². The van der Waals surface area contributed by atoms with Crippen LogP contribution in [0.2, 0.25) is 0 Å². The Balaban J connectivity index is 2.81. The van der Waals surface area contributed by atoms with Crippen LogP contribution in [0.25, 0.3) is 0 Å². The largest absolute Gasteiger partial charge is 0.465 e. The summed E-state index contributed by atoms with van der Waals surface area (Å²) in [5.41, 5.74) is -1.04. The number of esters is 1. The van der Waals surface area contributed by atoms with E-state index < -0.39 is 11.5 Å². The van der Waals surface area contributed by atoms with Gasteiger partial charge in [0.15, 0.2) is 0 Å². The van der Waals surface area contributed by atoms with Gasteiger partial charge in [0.25, 0.3) is 0 Å². The average Bonchev–Trinajstić information content (AvgIpc) is 2.68. The van der Waals surface area contributed by atoms with E-state index in [9.17, 15) is 14.4 Å². The van der Waals surface area contributed by atoms with Crippen molar-refractivity contribution < 1.29 is 19.1 Å². The van der Waals surface area contributed by atoms with Gasteiger partial charge in [-0.2, -0.15) is 0 Å². The number of rotatable bonds is 7. The molecule has 0 aromatic rings. The highest BCUT2D eigenvalue weighted by Crippen LogP contribution is 2.17. The number of nitrogens with one attached hydrogen (secondary N) is 1. The Morgan fingerprint density at radius 2 is 1.89 bits per heavy atom. The summed E-state index contributed by atoms with van der Waals surface area (Å²) in [4.78, 5) is 36.5. The van der Waals surface area contributed by atoms with Crippen LogP contribution < -0.4 is 5.32 Å². The molecule has 0 aromatic carbocycles. The molecule has 6 heteroatoms. The number of carbonyl (C=O) groups excluding carboxylic acids is 3. The number of nitrogens with zero attached hydrogens (tertiary/aromatic N) is 1. The second-order valence-corrected chi connectivity index (χ2v) is 4.85. The van der Waals surface area contributed by atoms with E-state index in [2.05, 4.69) is 5.32 Å². The first-order valence-corrected chi connectivity index (χ1v) is 6.70. The van der Waals surface area contributed by atoms with E-state index in [1.165, 1.54) is 0 Å². The standard InChI is InChI=1S/C13H22N2O4/c1-4-8-14-13(3,12(18)19-5-2)9-15-10(16)6-7-11(15)17/h14H,4-9H2,1-3H3. The summed E-state index contributed by atoms with van der Waals surface area (Å²) in [7, 11) is 0. The normalized spacial score (nSPS) is 18.6. The monoisotopic (exact) mass is 270 g/mol. The Labute approximate surface area is 113 Å². The maximum absolute atomic E-state index is 12.0. The van der Waals surface area contributed by atoms with Crippen molar-refractivity contribution in [1.82, 2.24) is 10.2 Å². The Kier molecular flexibility index (Phi) is 5.47. The number of hydrogen-bond acceptors (Lipinski definition) is 5. The minimum atomic E-state index is -1.04. The second kappa shape index (κ2) is 6.65. The van der Waals surface area contributed by atoms with Crippen molar-refractivity contribution in [3.05, 3.63) is 0 Å². The first-order valence-electron chi connectivity index (χ1n) is 6.70. The van der Waals surface area contributed by atoms with Gasteiger partial charge in [-0.05, 0) is 26.8 Å². The zero-order chi connectivity index (χ0) is 14.5. The Hall–Kier alpha value is -1.43. The van der Waals surface area contributed by atoms with Gasteiger partial charge >= 0.3 is 5.97 Å². The van der Waals surface area contributed by atoms with E-state index in [-0.39, 0.29) is 37.8 Å². The van der Waals surface area contributed by atoms with E-state index in [1.807, 2.05) is 6.92 Å². The molecule has 1 atom stereocenters. The highest BCUT2D eigenvalue weighted by molar-refractivity contribution is 6.02. The Morgan fingerprint density at radius 3 is 2.37 bits per heavy atom. The van der Waals surface area contributed by atoms with E-state index in [1.54, 1.807) is 13.8 Å². The van der Waals surface area contributed by atoms with Crippen molar-refractivity contribution in [2.75, 3.05) is 19.7 Å². The highest BCUT2D eigenvalue weighted by atomic mass is 16.5. The van der Waals surface area contributed by atoms with Crippen LogP contribution >= 0.6 is 0 Å². The topological polar surface area (TPSA) is 75.7 Å². The van der Waals surface area contributed by atoms with Gasteiger partial charge in [0.1, 0.15) is 5.54 Å². The van der Waals surface area contributed by atoms with Crippen molar-refractivity contribution in [2.45, 2.75) is 45.6 Å². The fraction of sp³-hybridized carbons (Fsp3) is 0.769. The van der Waals surface area contributed by atoms with Crippen molar-refractivity contribution in [2.24, 2.45) is 0 Å². The number of carbonyl (C=O) groups is 3. The molecule has 0 aromatic heterocycles. The van der Waals surface area contributed by atoms with Crippen LogP contribution in [0.3, 0.4) is 0 Å². The molecule has 0 aliphatic carbocycles. The smallest absolute Gasteiger partial charge is 0.327 e. The van der Waals surface area contributed by atoms with Crippen LogP contribution in [-0.2, 0) is 19.1 Å². The Bertz CT molecular complexity index is 354. The summed E-state index contributed by atoms with van der Waals surface area (Å²) in [6, 6.07) is 0. The fourth-order valence-corrected chi connectivity index (χ4v) is 2.00. The van der Waals surface area contributed by atoms with Crippen molar-refractivity contribution in [1.29, 1.82) is 0 Å². The van der Waals surface area contributed by atoms with Crippen LogP contribution in [0.5, 0.6) is 0 Å². The molecule has 1 aliphatic heterocycles.